The van der Waals surface area contributed by atoms with Crippen LogP contribution >= 0.6 is 0 Å². The zero-order valence-electron chi connectivity index (χ0n) is 15.3. The molecule has 0 aromatic heterocycles. The van der Waals surface area contributed by atoms with Crippen molar-refractivity contribution in [3.05, 3.63) is 0 Å². The summed E-state index contributed by atoms with van der Waals surface area (Å²) < 4.78 is 0. The summed E-state index contributed by atoms with van der Waals surface area (Å²) in [6.45, 7) is 19.7. The molecule has 21 heavy (non-hydrogen) atoms. The number of hydrogen-bond donors (Lipinski definition) is 0. The molecule has 2 nitrogen and oxygen atoms in total. The van der Waals surface area contributed by atoms with Crippen molar-refractivity contribution >= 4 is 0 Å². The van der Waals surface area contributed by atoms with Gasteiger partial charge in [0.25, 0.3) is 0 Å². The van der Waals surface area contributed by atoms with Gasteiger partial charge in [-0.25, -0.2) is 0 Å². The van der Waals surface area contributed by atoms with E-state index < -0.39 is 0 Å². The van der Waals surface area contributed by atoms with Gasteiger partial charge in [0.1, 0.15) is 0 Å². The van der Waals surface area contributed by atoms with E-state index in [4.69, 9.17) is 0 Å². The maximum absolute atomic E-state index is 2.70. The fourth-order valence-electron chi connectivity index (χ4n) is 4.00. The first-order valence-electron chi connectivity index (χ1n) is 9.36. The number of hydrogen-bond acceptors (Lipinski definition) is 2. The zero-order valence-corrected chi connectivity index (χ0v) is 15.3. The quantitative estimate of drug-likeness (QED) is 0.697. The Labute approximate surface area is 133 Å². The fourth-order valence-corrected chi connectivity index (χ4v) is 4.00. The highest BCUT2D eigenvalue weighted by Gasteiger charge is 2.33. The lowest BCUT2D eigenvalue weighted by molar-refractivity contribution is 0.0283. The Bertz CT molecular complexity index is 307. The van der Waals surface area contributed by atoms with Gasteiger partial charge in [-0.3, -0.25) is 4.90 Å². The first kappa shape index (κ1) is 17.3. The van der Waals surface area contributed by atoms with E-state index in [0.29, 0.717) is 0 Å². The molecule has 0 spiro atoms. The van der Waals surface area contributed by atoms with Gasteiger partial charge in [0.15, 0.2) is 0 Å². The summed E-state index contributed by atoms with van der Waals surface area (Å²) in [5.41, 5.74) is 0. The molecule has 3 atom stereocenters. The van der Waals surface area contributed by atoms with Gasteiger partial charge in [-0.1, -0.05) is 20.8 Å². The third kappa shape index (κ3) is 4.45. The molecule has 2 heteroatoms. The molecule has 2 unspecified atom stereocenters. The summed E-state index contributed by atoms with van der Waals surface area (Å²) in [6.07, 6.45) is 4.23. The highest BCUT2D eigenvalue weighted by Crippen LogP contribution is 2.31. The second-order valence-electron chi connectivity index (χ2n) is 8.50. The molecule has 0 aromatic rings. The first-order valence-corrected chi connectivity index (χ1v) is 9.36. The van der Waals surface area contributed by atoms with Crippen molar-refractivity contribution < 1.29 is 0 Å². The van der Waals surface area contributed by atoms with Crippen molar-refractivity contribution in [1.82, 2.24) is 9.80 Å². The van der Waals surface area contributed by atoms with Gasteiger partial charge in [-0.15, -0.1) is 0 Å². The molecular formula is C19H38N2. The summed E-state index contributed by atoms with van der Waals surface area (Å²) >= 11 is 0. The van der Waals surface area contributed by atoms with Gasteiger partial charge in [0.2, 0.25) is 0 Å². The minimum absolute atomic E-state index is 0.732. The molecule has 2 rings (SSSR count). The van der Waals surface area contributed by atoms with E-state index in [0.717, 1.165) is 35.8 Å². The van der Waals surface area contributed by atoms with Gasteiger partial charge in [-0.05, 0) is 70.3 Å². The average Bonchev–Trinajstić information content (AvgIpc) is 2.83. The third-order valence-corrected chi connectivity index (χ3v) is 6.34. The van der Waals surface area contributed by atoms with Crippen LogP contribution < -0.4 is 0 Å². The molecule has 2 aliphatic heterocycles. The molecule has 0 bridgehead atoms. The lowest BCUT2D eigenvalue weighted by Gasteiger charge is -2.45. The zero-order chi connectivity index (χ0) is 15.6. The Morgan fingerprint density at radius 2 is 1.43 bits per heavy atom. The lowest BCUT2D eigenvalue weighted by atomic mass is 9.85. The van der Waals surface area contributed by atoms with Crippen molar-refractivity contribution in [3.8, 4) is 0 Å². The molecule has 0 N–H and O–H groups in total. The number of rotatable bonds is 7. The van der Waals surface area contributed by atoms with Gasteiger partial charge in [0, 0.05) is 31.7 Å². The van der Waals surface area contributed by atoms with Gasteiger partial charge < -0.3 is 4.90 Å². The predicted octanol–water partition coefficient (Wildman–Crippen LogP) is 4.11. The molecule has 0 saturated carbocycles. The summed E-state index contributed by atoms with van der Waals surface area (Å²) in [4.78, 5) is 5.36. The van der Waals surface area contributed by atoms with E-state index in [-0.39, 0.29) is 0 Å². The van der Waals surface area contributed by atoms with Gasteiger partial charge in [0.05, 0.1) is 0 Å². The van der Waals surface area contributed by atoms with Crippen LogP contribution in [-0.2, 0) is 0 Å². The smallest absolute Gasteiger partial charge is 0.00672 e. The molecule has 2 saturated heterocycles. The van der Waals surface area contributed by atoms with Crippen molar-refractivity contribution in [2.24, 2.45) is 23.7 Å². The Morgan fingerprint density at radius 3 is 1.95 bits per heavy atom. The van der Waals surface area contributed by atoms with E-state index >= 15 is 0 Å². The van der Waals surface area contributed by atoms with Crippen LogP contribution in [0.3, 0.4) is 0 Å². The Hall–Kier alpha value is -0.0800. The Kier molecular flexibility index (Phi) is 6.14. The van der Waals surface area contributed by atoms with Crippen LogP contribution in [0.15, 0.2) is 0 Å². The molecular weight excluding hydrogens is 256 g/mol. The summed E-state index contributed by atoms with van der Waals surface area (Å²) in [5, 5.41) is 0. The summed E-state index contributed by atoms with van der Waals surface area (Å²) in [7, 11) is 0. The van der Waals surface area contributed by atoms with E-state index in [1.165, 1.54) is 45.4 Å². The van der Waals surface area contributed by atoms with E-state index in [9.17, 15) is 0 Å². The van der Waals surface area contributed by atoms with E-state index in [2.05, 4.69) is 51.3 Å². The normalized spacial score (nSPS) is 28.3. The molecule has 2 aliphatic rings. The van der Waals surface area contributed by atoms with Gasteiger partial charge in [-0.2, -0.15) is 0 Å². The van der Waals surface area contributed by atoms with Gasteiger partial charge >= 0.3 is 0 Å². The van der Waals surface area contributed by atoms with Crippen molar-refractivity contribution in [2.75, 3.05) is 26.2 Å². The van der Waals surface area contributed by atoms with E-state index in [1.54, 1.807) is 0 Å². The van der Waals surface area contributed by atoms with Crippen LogP contribution in [0.1, 0.15) is 60.8 Å². The molecule has 0 radical (unpaired) electrons. The van der Waals surface area contributed by atoms with Crippen LogP contribution in [0.4, 0.5) is 0 Å². The average molecular weight is 295 g/mol. The highest BCUT2D eigenvalue weighted by atomic mass is 15.2. The number of likely N-dealkylation sites (tertiary alicyclic amines) is 2. The lowest BCUT2D eigenvalue weighted by Crippen LogP contribution is -2.52. The Balaban J connectivity index is 1.64. The van der Waals surface area contributed by atoms with Crippen LogP contribution in [0.5, 0.6) is 0 Å². The maximum atomic E-state index is 2.70. The number of nitrogens with zero attached hydrogens (tertiary/aromatic N) is 2. The van der Waals surface area contributed by atoms with Crippen LogP contribution in [0.25, 0.3) is 0 Å². The van der Waals surface area contributed by atoms with Crippen molar-refractivity contribution in [3.63, 3.8) is 0 Å². The second-order valence-corrected chi connectivity index (χ2v) is 8.50. The monoisotopic (exact) mass is 294 g/mol. The predicted molar refractivity (Wildman–Crippen MR) is 92.6 cm³/mol. The largest absolute Gasteiger partial charge is 0.301 e. The molecule has 2 heterocycles. The maximum Gasteiger partial charge on any atom is 0.00672 e. The SMILES string of the molecule is CC(C)C1CN([C@H](C)CCC(C)C2CCN(C(C)C)C2)C1. The summed E-state index contributed by atoms with van der Waals surface area (Å²) in [6, 6.07) is 1.53. The molecule has 2 fully saturated rings. The third-order valence-electron chi connectivity index (χ3n) is 6.34. The topological polar surface area (TPSA) is 6.48 Å². The van der Waals surface area contributed by atoms with Crippen LogP contribution in [0, 0.1) is 23.7 Å². The van der Waals surface area contributed by atoms with Crippen LogP contribution in [-0.4, -0.2) is 48.1 Å². The molecule has 124 valence electrons. The fraction of sp³-hybridized carbons (Fsp3) is 1.00. The van der Waals surface area contributed by atoms with Crippen molar-refractivity contribution in [1.29, 1.82) is 0 Å². The summed E-state index contributed by atoms with van der Waals surface area (Å²) in [5.74, 6) is 3.67. The standard InChI is InChI=1S/C19H38N2/c1-14(2)19-12-21(13-19)17(6)8-7-16(5)18-9-10-20(11-18)15(3)4/h14-19H,7-13H2,1-6H3/t16?,17-,18?/m1/s1. The molecule has 0 amide bonds. The molecule has 0 aromatic carbocycles. The minimum atomic E-state index is 0.732. The van der Waals surface area contributed by atoms with Crippen LogP contribution in [0.2, 0.25) is 0 Å². The first-order chi connectivity index (χ1) is 9.88. The van der Waals surface area contributed by atoms with E-state index in [1.807, 2.05) is 0 Å². The Morgan fingerprint density at radius 1 is 0.810 bits per heavy atom. The highest BCUT2D eigenvalue weighted by molar-refractivity contribution is 4.86. The second kappa shape index (κ2) is 7.46. The van der Waals surface area contributed by atoms with Crippen molar-refractivity contribution in [2.45, 2.75) is 72.9 Å². The minimum Gasteiger partial charge on any atom is -0.301 e. The molecule has 0 aliphatic carbocycles.